The summed E-state index contributed by atoms with van der Waals surface area (Å²) >= 11 is 0. The first kappa shape index (κ1) is 24.0. The molecule has 0 unspecified atom stereocenters. The number of benzene rings is 8. The normalized spacial score (nSPS) is 11.7. The fraction of sp³-hybridized carbons (Fsp3) is 0. The number of hydrogen-bond acceptors (Lipinski definition) is 0. The van der Waals surface area contributed by atoms with Crippen molar-refractivity contribution in [2.75, 3.05) is 0 Å². The molecule has 0 saturated heterocycles. The van der Waals surface area contributed by atoms with Crippen molar-refractivity contribution in [2.24, 2.45) is 0 Å². The fourth-order valence-electron chi connectivity index (χ4n) is 7.14. The van der Waals surface area contributed by atoms with Gasteiger partial charge in [-0.1, -0.05) is 133 Å². The van der Waals surface area contributed by atoms with Gasteiger partial charge in [-0.2, -0.15) is 0 Å². The van der Waals surface area contributed by atoms with Crippen LogP contribution in [0.5, 0.6) is 0 Å². The Hall–Kier alpha value is -5.66. The monoisotopic (exact) mass is 545 g/mol. The number of hydrogen-bond donors (Lipinski definition) is 0. The highest BCUT2D eigenvalue weighted by atomic mass is 15.0. The number of rotatable bonds is 3. The van der Waals surface area contributed by atoms with Gasteiger partial charge in [-0.25, -0.2) is 0 Å². The minimum Gasteiger partial charge on any atom is -0.309 e. The molecule has 0 spiro atoms. The van der Waals surface area contributed by atoms with E-state index in [1.165, 1.54) is 82.1 Å². The van der Waals surface area contributed by atoms with Crippen molar-refractivity contribution in [2.45, 2.75) is 0 Å². The molecule has 0 N–H and O–H groups in total. The molecule has 0 aliphatic carbocycles. The van der Waals surface area contributed by atoms with Crippen LogP contribution in [0, 0.1) is 0 Å². The van der Waals surface area contributed by atoms with E-state index in [0.29, 0.717) is 0 Å². The van der Waals surface area contributed by atoms with Gasteiger partial charge in [0.15, 0.2) is 0 Å². The van der Waals surface area contributed by atoms with Gasteiger partial charge in [-0.05, 0) is 84.9 Å². The van der Waals surface area contributed by atoms with E-state index in [1.807, 2.05) is 0 Å². The summed E-state index contributed by atoms with van der Waals surface area (Å²) in [7, 11) is 0. The van der Waals surface area contributed by atoms with Crippen LogP contribution < -0.4 is 0 Å². The zero-order valence-corrected chi connectivity index (χ0v) is 23.5. The molecule has 9 aromatic rings. The molecule has 200 valence electrons. The van der Waals surface area contributed by atoms with E-state index in [9.17, 15) is 0 Å². The zero-order valence-electron chi connectivity index (χ0n) is 23.5. The molecule has 0 atom stereocenters. The van der Waals surface area contributed by atoms with Crippen molar-refractivity contribution in [3.8, 4) is 27.9 Å². The average Bonchev–Trinajstić information content (AvgIpc) is 3.43. The summed E-state index contributed by atoms with van der Waals surface area (Å²) in [5.41, 5.74) is 8.58. The molecule has 8 aromatic carbocycles. The Morgan fingerprint density at radius 3 is 1.53 bits per heavy atom. The molecule has 0 bridgehead atoms. The summed E-state index contributed by atoms with van der Waals surface area (Å²) in [5, 5.41) is 10.3. The zero-order chi connectivity index (χ0) is 28.3. The standard InChI is InChI=1S/C42H27N/c1-2-13-29(14-3-1)43-40-23-11-10-21-38(40)42-37(22-12-24-41(42)43)31-16-5-4-15-30(31)28-25-26-36-34-19-7-6-17-32(34)33-18-8-9-20-35(33)39(36)27-28/h1-27H. The van der Waals surface area contributed by atoms with Crippen LogP contribution in [-0.2, 0) is 0 Å². The molecule has 1 heteroatoms. The van der Waals surface area contributed by atoms with Crippen LogP contribution in [0.4, 0.5) is 0 Å². The van der Waals surface area contributed by atoms with Gasteiger partial charge in [-0.15, -0.1) is 0 Å². The Kier molecular flexibility index (Phi) is 5.27. The van der Waals surface area contributed by atoms with E-state index >= 15 is 0 Å². The quantitative estimate of drug-likeness (QED) is 0.195. The maximum absolute atomic E-state index is 2.40. The third kappa shape index (κ3) is 3.58. The summed E-state index contributed by atoms with van der Waals surface area (Å²) < 4.78 is 2.39. The Morgan fingerprint density at radius 1 is 0.302 bits per heavy atom. The summed E-state index contributed by atoms with van der Waals surface area (Å²) in [5.74, 6) is 0. The second-order valence-electron chi connectivity index (χ2n) is 11.3. The highest BCUT2D eigenvalue weighted by Crippen LogP contribution is 2.43. The Balaban J connectivity index is 1.33. The van der Waals surface area contributed by atoms with Gasteiger partial charge in [0.2, 0.25) is 0 Å². The predicted molar refractivity (Wildman–Crippen MR) is 184 cm³/mol. The van der Waals surface area contributed by atoms with E-state index in [-0.39, 0.29) is 0 Å². The lowest BCUT2D eigenvalue weighted by Gasteiger charge is -2.15. The van der Waals surface area contributed by atoms with Crippen LogP contribution in [0.3, 0.4) is 0 Å². The summed E-state index contributed by atoms with van der Waals surface area (Å²) in [4.78, 5) is 0. The average molecular weight is 546 g/mol. The van der Waals surface area contributed by atoms with E-state index < -0.39 is 0 Å². The molecule has 1 nitrogen and oxygen atoms in total. The third-order valence-corrected chi connectivity index (χ3v) is 8.98. The van der Waals surface area contributed by atoms with Gasteiger partial charge in [-0.3, -0.25) is 0 Å². The highest BCUT2D eigenvalue weighted by molar-refractivity contribution is 6.26. The van der Waals surface area contributed by atoms with Gasteiger partial charge in [0.25, 0.3) is 0 Å². The molecule has 1 heterocycles. The van der Waals surface area contributed by atoms with E-state index in [0.717, 1.165) is 0 Å². The van der Waals surface area contributed by atoms with Crippen LogP contribution >= 0.6 is 0 Å². The van der Waals surface area contributed by atoms with E-state index in [1.54, 1.807) is 0 Å². The lowest BCUT2D eigenvalue weighted by Crippen LogP contribution is -1.93. The number of aromatic nitrogens is 1. The van der Waals surface area contributed by atoms with Gasteiger partial charge < -0.3 is 4.57 Å². The largest absolute Gasteiger partial charge is 0.309 e. The molecule has 9 rings (SSSR count). The lowest BCUT2D eigenvalue weighted by atomic mass is 9.89. The second-order valence-corrected chi connectivity index (χ2v) is 11.3. The first-order chi connectivity index (χ1) is 21.4. The van der Waals surface area contributed by atoms with Gasteiger partial charge in [0, 0.05) is 16.5 Å². The van der Waals surface area contributed by atoms with Crippen LogP contribution in [0.2, 0.25) is 0 Å². The smallest absolute Gasteiger partial charge is 0.0547 e. The van der Waals surface area contributed by atoms with Gasteiger partial charge >= 0.3 is 0 Å². The topological polar surface area (TPSA) is 4.93 Å². The van der Waals surface area contributed by atoms with Crippen LogP contribution in [0.15, 0.2) is 164 Å². The minimum atomic E-state index is 1.17. The molecule has 0 saturated carbocycles. The predicted octanol–water partition coefficient (Wildman–Crippen LogP) is 11.6. The molecule has 0 fully saturated rings. The Bertz CT molecular complexity index is 2460. The number of nitrogens with zero attached hydrogens (tertiary/aromatic N) is 1. The third-order valence-electron chi connectivity index (χ3n) is 8.98. The molecule has 0 aliphatic rings. The lowest BCUT2D eigenvalue weighted by molar-refractivity contribution is 1.18. The summed E-state index contributed by atoms with van der Waals surface area (Å²) in [6.07, 6.45) is 0. The van der Waals surface area contributed by atoms with Crippen molar-refractivity contribution in [3.63, 3.8) is 0 Å². The molecule has 0 aliphatic heterocycles. The molecule has 43 heavy (non-hydrogen) atoms. The van der Waals surface area contributed by atoms with Crippen LogP contribution in [0.25, 0.3) is 82.1 Å². The van der Waals surface area contributed by atoms with Crippen molar-refractivity contribution in [3.05, 3.63) is 164 Å². The van der Waals surface area contributed by atoms with E-state index in [2.05, 4.69) is 168 Å². The maximum atomic E-state index is 2.40. The van der Waals surface area contributed by atoms with Crippen LogP contribution in [-0.4, -0.2) is 4.57 Å². The number of para-hydroxylation sites is 2. The number of fused-ring (bicyclic) bond motifs is 9. The summed E-state index contributed by atoms with van der Waals surface area (Å²) in [6, 6.07) is 59.7. The minimum absolute atomic E-state index is 1.17. The SMILES string of the molecule is c1ccc(-n2c3ccccc3c3c(-c4ccccc4-c4ccc5c6ccccc6c6ccccc6c5c4)cccc32)cc1. The van der Waals surface area contributed by atoms with Crippen LogP contribution in [0.1, 0.15) is 0 Å². The first-order valence-electron chi connectivity index (χ1n) is 14.9. The first-order valence-corrected chi connectivity index (χ1v) is 14.9. The van der Waals surface area contributed by atoms with Crippen molar-refractivity contribution in [1.29, 1.82) is 0 Å². The van der Waals surface area contributed by atoms with Crippen molar-refractivity contribution >= 4 is 54.1 Å². The van der Waals surface area contributed by atoms with Crippen molar-refractivity contribution in [1.82, 2.24) is 4.57 Å². The molecule has 0 amide bonds. The summed E-state index contributed by atoms with van der Waals surface area (Å²) in [6.45, 7) is 0. The van der Waals surface area contributed by atoms with E-state index in [4.69, 9.17) is 0 Å². The van der Waals surface area contributed by atoms with Crippen molar-refractivity contribution < 1.29 is 0 Å². The Morgan fingerprint density at radius 2 is 0.814 bits per heavy atom. The Labute approximate surface area is 249 Å². The molecule has 1 aromatic heterocycles. The molecular formula is C42H27N. The van der Waals surface area contributed by atoms with Gasteiger partial charge in [0.05, 0.1) is 11.0 Å². The molecule has 0 radical (unpaired) electrons. The van der Waals surface area contributed by atoms with Gasteiger partial charge in [0.1, 0.15) is 0 Å². The maximum Gasteiger partial charge on any atom is 0.0547 e. The highest BCUT2D eigenvalue weighted by Gasteiger charge is 2.18. The molecular weight excluding hydrogens is 518 g/mol. The second kappa shape index (κ2) is 9.44. The fourth-order valence-corrected chi connectivity index (χ4v) is 7.14.